The van der Waals surface area contributed by atoms with Crippen molar-refractivity contribution in [2.24, 2.45) is 0 Å². The van der Waals surface area contributed by atoms with Crippen molar-refractivity contribution in [3.05, 3.63) is 35.4 Å². The highest BCUT2D eigenvalue weighted by Gasteiger charge is 2.22. The Hall–Kier alpha value is -1.60. The third-order valence-corrected chi connectivity index (χ3v) is 2.07. The first-order valence-electron chi connectivity index (χ1n) is 4.78. The smallest absolute Gasteiger partial charge is 0.149 e. The van der Waals surface area contributed by atoms with Crippen molar-refractivity contribution in [3.8, 4) is 0 Å². The van der Waals surface area contributed by atoms with Gasteiger partial charge in [-0.3, -0.25) is 0 Å². The molecule has 0 atom stereocenters. The molecule has 0 fully saturated rings. The molecule has 1 aromatic carbocycles. The van der Waals surface area contributed by atoms with Gasteiger partial charge in [0, 0.05) is 13.1 Å². The first kappa shape index (κ1) is 10.5. The van der Waals surface area contributed by atoms with E-state index in [4.69, 9.17) is 5.39 Å². The van der Waals surface area contributed by atoms with Gasteiger partial charge in [0.25, 0.3) is 5.39 Å². The Labute approximate surface area is 84.3 Å². The van der Waals surface area contributed by atoms with Gasteiger partial charge >= 0.3 is 5.08 Å². The van der Waals surface area contributed by atoms with Crippen molar-refractivity contribution in [1.82, 2.24) is 5.01 Å². The molecule has 0 bridgehead atoms. The maximum Gasteiger partial charge on any atom is 0.328 e. The molecule has 0 aliphatic carbocycles. The fourth-order valence-corrected chi connectivity index (χ4v) is 1.32. The standard InChI is InChI=1S/C10H15N4/c1-3-13(4-2)14(12-11)10-8-6-5-7-9-10/h5-9H,3-4H2,1-2H3/q+1. The maximum atomic E-state index is 8.92. The summed E-state index contributed by atoms with van der Waals surface area (Å²) in [5, 5.41) is 15.6. The quantitative estimate of drug-likeness (QED) is 0.541. The molecule has 0 radical (unpaired) electrons. The Bertz CT molecular complexity index is 300. The summed E-state index contributed by atoms with van der Waals surface area (Å²) in [6.07, 6.45) is 0. The molecule has 0 aliphatic rings. The Balaban J connectivity index is 2.88. The van der Waals surface area contributed by atoms with Crippen LogP contribution in [0.3, 0.4) is 0 Å². The molecule has 0 unspecified atom stereocenters. The molecule has 0 saturated heterocycles. The molecule has 0 spiro atoms. The molecule has 4 nitrogen and oxygen atoms in total. The summed E-state index contributed by atoms with van der Waals surface area (Å²) in [6, 6.07) is 9.56. The van der Waals surface area contributed by atoms with E-state index >= 15 is 0 Å². The predicted molar refractivity (Wildman–Crippen MR) is 56.9 cm³/mol. The largest absolute Gasteiger partial charge is 0.328 e. The number of para-hydroxylation sites is 1. The van der Waals surface area contributed by atoms with E-state index in [0.717, 1.165) is 18.8 Å². The highest BCUT2D eigenvalue weighted by Crippen LogP contribution is 2.15. The molecule has 0 aliphatic heterocycles. The molecule has 0 aromatic heterocycles. The van der Waals surface area contributed by atoms with Crippen LogP contribution in [-0.2, 0) is 0 Å². The third-order valence-electron chi connectivity index (χ3n) is 2.07. The van der Waals surface area contributed by atoms with Gasteiger partial charge in [-0.2, -0.15) is 0 Å². The number of anilines is 1. The number of benzene rings is 1. The van der Waals surface area contributed by atoms with Gasteiger partial charge in [-0.1, -0.05) is 32.0 Å². The van der Waals surface area contributed by atoms with Gasteiger partial charge in [0.15, 0.2) is 0 Å². The van der Waals surface area contributed by atoms with Crippen molar-refractivity contribution in [1.29, 1.82) is 5.39 Å². The van der Waals surface area contributed by atoms with Crippen molar-refractivity contribution in [2.75, 3.05) is 18.2 Å². The lowest BCUT2D eigenvalue weighted by Gasteiger charge is -2.17. The van der Waals surface area contributed by atoms with Gasteiger partial charge in [-0.15, -0.1) is 5.01 Å². The van der Waals surface area contributed by atoms with Gasteiger partial charge in [-0.25, -0.2) is 0 Å². The van der Waals surface area contributed by atoms with Crippen LogP contribution in [0.25, 0.3) is 5.08 Å². The van der Waals surface area contributed by atoms with Crippen molar-refractivity contribution >= 4 is 5.69 Å². The minimum Gasteiger partial charge on any atom is -0.149 e. The molecule has 0 amide bonds. The number of rotatable bonds is 4. The average molecular weight is 191 g/mol. The van der Waals surface area contributed by atoms with Crippen LogP contribution >= 0.6 is 0 Å². The van der Waals surface area contributed by atoms with Gasteiger partial charge < -0.3 is 0 Å². The second-order valence-electron chi connectivity index (χ2n) is 2.85. The number of hydrogen-bond acceptors (Lipinski definition) is 3. The summed E-state index contributed by atoms with van der Waals surface area (Å²) < 4.78 is 0. The SMILES string of the molecule is CCN(CC)N([N+]#N)c1ccccc1. The summed E-state index contributed by atoms with van der Waals surface area (Å²) in [6.45, 7) is 5.64. The Kier molecular flexibility index (Phi) is 3.89. The van der Waals surface area contributed by atoms with Crippen LogP contribution in [0.2, 0.25) is 0 Å². The summed E-state index contributed by atoms with van der Waals surface area (Å²) >= 11 is 0. The minimum atomic E-state index is 0.801. The molecule has 0 N–H and O–H groups in total. The van der Waals surface area contributed by atoms with Crippen LogP contribution in [0.1, 0.15) is 13.8 Å². The van der Waals surface area contributed by atoms with Crippen LogP contribution in [0.4, 0.5) is 5.69 Å². The molecule has 1 rings (SSSR count). The number of hydrogen-bond donors (Lipinski definition) is 0. The zero-order chi connectivity index (χ0) is 10.4. The van der Waals surface area contributed by atoms with E-state index in [2.05, 4.69) is 5.08 Å². The third kappa shape index (κ3) is 2.21. The zero-order valence-corrected chi connectivity index (χ0v) is 8.59. The van der Waals surface area contributed by atoms with Gasteiger partial charge in [0.1, 0.15) is 5.69 Å². The normalized spacial score (nSPS) is 9.86. The van der Waals surface area contributed by atoms with Crippen molar-refractivity contribution in [2.45, 2.75) is 13.8 Å². The monoisotopic (exact) mass is 191 g/mol. The lowest BCUT2D eigenvalue weighted by atomic mass is 10.3. The van der Waals surface area contributed by atoms with Crippen LogP contribution in [0.15, 0.2) is 30.3 Å². The summed E-state index contributed by atoms with van der Waals surface area (Å²) in [7, 11) is 0. The topological polar surface area (TPSA) is 34.6 Å². The number of nitrogens with zero attached hydrogens (tertiary/aromatic N) is 4. The van der Waals surface area contributed by atoms with E-state index in [-0.39, 0.29) is 0 Å². The first-order chi connectivity index (χ1) is 6.83. The van der Waals surface area contributed by atoms with E-state index in [0.29, 0.717) is 0 Å². The summed E-state index contributed by atoms with van der Waals surface area (Å²) in [5.74, 6) is 0. The molecule has 14 heavy (non-hydrogen) atoms. The van der Waals surface area contributed by atoms with Gasteiger partial charge in [0.05, 0.1) is 5.12 Å². The fraction of sp³-hybridized carbons (Fsp3) is 0.400. The van der Waals surface area contributed by atoms with Crippen molar-refractivity contribution in [3.63, 3.8) is 0 Å². The summed E-state index contributed by atoms with van der Waals surface area (Å²) in [4.78, 5) is 0. The van der Waals surface area contributed by atoms with Crippen LogP contribution in [-0.4, -0.2) is 18.1 Å². The van der Waals surface area contributed by atoms with Crippen LogP contribution in [0.5, 0.6) is 0 Å². The lowest BCUT2D eigenvalue weighted by molar-refractivity contribution is 0.302. The van der Waals surface area contributed by atoms with Gasteiger partial charge in [-0.05, 0) is 12.1 Å². The van der Waals surface area contributed by atoms with E-state index in [1.807, 2.05) is 49.2 Å². The molecular formula is C10H15N4+. The van der Waals surface area contributed by atoms with Crippen molar-refractivity contribution < 1.29 is 0 Å². The Morgan fingerprint density at radius 2 is 1.71 bits per heavy atom. The van der Waals surface area contributed by atoms with E-state index in [1.165, 1.54) is 5.12 Å². The molecule has 1 aromatic rings. The van der Waals surface area contributed by atoms with E-state index < -0.39 is 0 Å². The molecular weight excluding hydrogens is 176 g/mol. The van der Waals surface area contributed by atoms with E-state index in [9.17, 15) is 0 Å². The average Bonchev–Trinajstić information content (AvgIpc) is 2.27. The second-order valence-corrected chi connectivity index (χ2v) is 2.85. The number of hydrazine groups is 1. The Morgan fingerprint density at radius 3 is 2.14 bits per heavy atom. The summed E-state index contributed by atoms with van der Waals surface area (Å²) in [5.41, 5.74) is 0.860. The zero-order valence-electron chi connectivity index (χ0n) is 8.59. The number of diazo groups is 1. The van der Waals surface area contributed by atoms with Gasteiger partial charge in [0.2, 0.25) is 0 Å². The lowest BCUT2D eigenvalue weighted by Crippen LogP contribution is -2.37. The molecule has 0 heterocycles. The molecule has 74 valence electrons. The molecule has 4 heteroatoms. The van der Waals surface area contributed by atoms with E-state index in [1.54, 1.807) is 0 Å². The van der Waals surface area contributed by atoms with Crippen LogP contribution < -0.4 is 5.12 Å². The Morgan fingerprint density at radius 1 is 1.14 bits per heavy atom. The fourth-order valence-electron chi connectivity index (χ4n) is 1.32. The first-order valence-corrected chi connectivity index (χ1v) is 4.78. The van der Waals surface area contributed by atoms with Crippen LogP contribution in [0, 0.1) is 5.39 Å². The highest BCUT2D eigenvalue weighted by atomic mass is 15.8. The highest BCUT2D eigenvalue weighted by molar-refractivity contribution is 5.45. The molecule has 0 saturated carbocycles. The minimum absolute atomic E-state index is 0.801. The maximum absolute atomic E-state index is 8.92. The predicted octanol–water partition coefficient (Wildman–Crippen LogP) is 2.52. The second kappa shape index (κ2) is 5.20.